The largest absolute Gasteiger partial charge is 0.319 e. The van der Waals surface area contributed by atoms with Crippen LogP contribution in [0.25, 0.3) is 0 Å². The van der Waals surface area contributed by atoms with Crippen molar-refractivity contribution >= 4 is 0 Å². The standard InChI is InChI=1S/C15H32N2/c1-4-5-6-7-8-9-14(2)17-11-10-15(13-17)12-16-3/h14-16H,4-13H2,1-3H3. The molecule has 0 amide bonds. The minimum Gasteiger partial charge on any atom is -0.319 e. The molecule has 0 aliphatic carbocycles. The Kier molecular flexibility index (Phi) is 7.87. The lowest BCUT2D eigenvalue weighted by Gasteiger charge is -2.24. The average molecular weight is 240 g/mol. The van der Waals surface area contributed by atoms with Gasteiger partial charge in [-0.2, -0.15) is 0 Å². The van der Waals surface area contributed by atoms with Crippen LogP contribution < -0.4 is 5.32 Å². The lowest BCUT2D eigenvalue weighted by Crippen LogP contribution is -2.32. The van der Waals surface area contributed by atoms with Gasteiger partial charge in [-0.3, -0.25) is 0 Å². The molecule has 0 aromatic rings. The molecule has 1 N–H and O–H groups in total. The summed E-state index contributed by atoms with van der Waals surface area (Å²) in [7, 11) is 2.07. The minimum atomic E-state index is 0.804. The van der Waals surface area contributed by atoms with E-state index in [4.69, 9.17) is 0 Å². The molecule has 1 aliphatic heterocycles. The van der Waals surface area contributed by atoms with Crippen molar-refractivity contribution in [2.45, 2.75) is 64.8 Å². The van der Waals surface area contributed by atoms with Crippen LogP contribution in [-0.4, -0.2) is 37.6 Å². The zero-order chi connectivity index (χ0) is 12.5. The van der Waals surface area contributed by atoms with E-state index >= 15 is 0 Å². The van der Waals surface area contributed by atoms with Gasteiger partial charge in [0.05, 0.1) is 0 Å². The summed E-state index contributed by atoms with van der Waals surface area (Å²) in [5.74, 6) is 0.891. The predicted octanol–water partition coefficient (Wildman–Crippen LogP) is 3.28. The molecule has 17 heavy (non-hydrogen) atoms. The Labute approximate surface area is 108 Å². The van der Waals surface area contributed by atoms with Gasteiger partial charge in [0.1, 0.15) is 0 Å². The van der Waals surface area contributed by atoms with E-state index in [0.29, 0.717) is 0 Å². The molecular formula is C15H32N2. The number of likely N-dealkylation sites (tertiary alicyclic amines) is 1. The molecule has 1 rings (SSSR count). The highest BCUT2D eigenvalue weighted by atomic mass is 15.2. The molecule has 2 atom stereocenters. The molecule has 0 spiro atoms. The van der Waals surface area contributed by atoms with Crippen molar-refractivity contribution in [1.29, 1.82) is 0 Å². The second kappa shape index (κ2) is 8.93. The van der Waals surface area contributed by atoms with E-state index in [1.54, 1.807) is 0 Å². The maximum absolute atomic E-state index is 3.31. The summed E-state index contributed by atoms with van der Waals surface area (Å²) in [6.45, 7) is 8.54. The van der Waals surface area contributed by atoms with Gasteiger partial charge in [-0.15, -0.1) is 0 Å². The van der Waals surface area contributed by atoms with Gasteiger partial charge in [-0.05, 0) is 45.8 Å². The first kappa shape index (κ1) is 15.0. The van der Waals surface area contributed by atoms with Crippen molar-refractivity contribution in [3.05, 3.63) is 0 Å². The van der Waals surface area contributed by atoms with Gasteiger partial charge in [-0.1, -0.05) is 39.0 Å². The van der Waals surface area contributed by atoms with Crippen LogP contribution in [0.15, 0.2) is 0 Å². The van der Waals surface area contributed by atoms with Crippen LogP contribution in [-0.2, 0) is 0 Å². The van der Waals surface area contributed by atoms with E-state index in [1.165, 1.54) is 64.6 Å². The third-order valence-corrected chi connectivity index (χ3v) is 4.16. The summed E-state index contributed by atoms with van der Waals surface area (Å²) < 4.78 is 0. The number of rotatable bonds is 9. The van der Waals surface area contributed by atoms with E-state index in [1.807, 2.05) is 0 Å². The van der Waals surface area contributed by atoms with Gasteiger partial charge >= 0.3 is 0 Å². The average Bonchev–Trinajstić information content (AvgIpc) is 2.78. The molecule has 1 heterocycles. The molecule has 1 saturated heterocycles. The Balaban J connectivity index is 2.05. The van der Waals surface area contributed by atoms with E-state index < -0.39 is 0 Å². The van der Waals surface area contributed by atoms with Gasteiger partial charge in [0.2, 0.25) is 0 Å². The fourth-order valence-electron chi connectivity index (χ4n) is 2.94. The predicted molar refractivity (Wildman–Crippen MR) is 76.4 cm³/mol. The zero-order valence-corrected chi connectivity index (χ0v) is 12.2. The third-order valence-electron chi connectivity index (χ3n) is 4.16. The fraction of sp³-hybridized carbons (Fsp3) is 1.00. The van der Waals surface area contributed by atoms with Crippen molar-refractivity contribution in [2.24, 2.45) is 5.92 Å². The molecular weight excluding hydrogens is 208 g/mol. The Morgan fingerprint density at radius 1 is 1.24 bits per heavy atom. The topological polar surface area (TPSA) is 15.3 Å². The zero-order valence-electron chi connectivity index (χ0n) is 12.2. The third kappa shape index (κ3) is 5.87. The van der Waals surface area contributed by atoms with Crippen LogP contribution in [0.1, 0.15) is 58.8 Å². The van der Waals surface area contributed by atoms with Crippen LogP contribution in [0.2, 0.25) is 0 Å². The second-order valence-corrected chi connectivity index (χ2v) is 5.76. The number of hydrogen-bond acceptors (Lipinski definition) is 2. The van der Waals surface area contributed by atoms with Crippen LogP contribution in [0.4, 0.5) is 0 Å². The van der Waals surface area contributed by atoms with E-state index in [-0.39, 0.29) is 0 Å². The van der Waals surface area contributed by atoms with Crippen LogP contribution >= 0.6 is 0 Å². The summed E-state index contributed by atoms with van der Waals surface area (Å²) in [6, 6.07) is 0.804. The SMILES string of the molecule is CCCCCCCC(C)N1CCC(CNC)C1. The van der Waals surface area contributed by atoms with Gasteiger partial charge in [-0.25, -0.2) is 0 Å². The molecule has 102 valence electrons. The maximum atomic E-state index is 3.31. The number of hydrogen-bond donors (Lipinski definition) is 1. The highest BCUT2D eigenvalue weighted by molar-refractivity contribution is 4.80. The summed E-state index contributed by atoms with van der Waals surface area (Å²) >= 11 is 0. The molecule has 0 bridgehead atoms. The molecule has 0 radical (unpaired) electrons. The van der Waals surface area contributed by atoms with Crippen molar-refractivity contribution in [3.63, 3.8) is 0 Å². The van der Waals surface area contributed by atoms with Gasteiger partial charge in [0, 0.05) is 12.6 Å². The second-order valence-electron chi connectivity index (χ2n) is 5.76. The van der Waals surface area contributed by atoms with Crippen molar-refractivity contribution < 1.29 is 0 Å². The molecule has 0 aromatic heterocycles. The van der Waals surface area contributed by atoms with Gasteiger partial charge in [0.15, 0.2) is 0 Å². The Bertz CT molecular complexity index is 182. The van der Waals surface area contributed by atoms with E-state index in [0.717, 1.165) is 12.0 Å². The van der Waals surface area contributed by atoms with Crippen molar-refractivity contribution in [3.8, 4) is 0 Å². The normalized spacial score (nSPS) is 23.1. The highest BCUT2D eigenvalue weighted by Gasteiger charge is 2.24. The first-order valence-corrected chi connectivity index (χ1v) is 7.66. The monoisotopic (exact) mass is 240 g/mol. The lowest BCUT2D eigenvalue weighted by atomic mass is 10.1. The molecule has 2 nitrogen and oxygen atoms in total. The Morgan fingerprint density at radius 2 is 2.00 bits per heavy atom. The Hall–Kier alpha value is -0.0800. The Morgan fingerprint density at radius 3 is 2.71 bits per heavy atom. The first-order valence-electron chi connectivity index (χ1n) is 7.66. The van der Waals surface area contributed by atoms with Crippen LogP contribution in [0.3, 0.4) is 0 Å². The highest BCUT2D eigenvalue weighted by Crippen LogP contribution is 2.20. The minimum absolute atomic E-state index is 0.804. The van der Waals surface area contributed by atoms with Crippen molar-refractivity contribution in [2.75, 3.05) is 26.7 Å². The lowest BCUT2D eigenvalue weighted by molar-refractivity contribution is 0.233. The fourth-order valence-corrected chi connectivity index (χ4v) is 2.94. The number of nitrogens with one attached hydrogen (secondary N) is 1. The first-order chi connectivity index (χ1) is 8.27. The molecule has 0 aromatic carbocycles. The van der Waals surface area contributed by atoms with Gasteiger partial charge < -0.3 is 10.2 Å². The number of unbranched alkanes of at least 4 members (excludes halogenated alkanes) is 4. The quantitative estimate of drug-likeness (QED) is 0.622. The summed E-state index contributed by atoms with van der Waals surface area (Å²) in [5, 5.41) is 3.31. The van der Waals surface area contributed by atoms with Crippen LogP contribution in [0.5, 0.6) is 0 Å². The van der Waals surface area contributed by atoms with Crippen molar-refractivity contribution in [1.82, 2.24) is 10.2 Å². The smallest absolute Gasteiger partial charge is 0.00670 e. The molecule has 2 heteroatoms. The van der Waals surface area contributed by atoms with Crippen LogP contribution in [0, 0.1) is 5.92 Å². The van der Waals surface area contributed by atoms with E-state index in [2.05, 4.69) is 31.1 Å². The molecule has 2 unspecified atom stereocenters. The summed E-state index contributed by atoms with van der Waals surface area (Å²) in [5.41, 5.74) is 0. The summed E-state index contributed by atoms with van der Waals surface area (Å²) in [6.07, 6.45) is 9.86. The molecule has 1 fully saturated rings. The van der Waals surface area contributed by atoms with E-state index in [9.17, 15) is 0 Å². The number of nitrogens with zero attached hydrogens (tertiary/aromatic N) is 1. The molecule has 1 aliphatic rings. The van der Waals surface area contributed by atoms with Gasteiger partial charge in [0.25, 0.3) is 0 Å². The maximum Gasteiger partial charge on any atom is 0.00670 e. The summed E-state index contributed by atoms with van der Waals surface area (Å²) in [4.78, 5) is 2.70. The molecule has 0 saturated carbocycles.